The van der Waals surface area contributed by atoms with Gasteiger partial charge in [-0.05, 0) is 50.3 Å². The first-order valence-electron chi connectivity index (χ1n) is 9.05. The van der Waals surface area contributed by atoms with Crippen LogP contribution in [0, 0.1) is 0 Å². The first kappa shape index (κ1) is 21.5. The topological polar surface area (TPSA) is 54.0 Å². The second-order valence-electron chi connectivity index (χ2n) is 6.38. The Morgan fingerprint density at radius 2 is 2.15 bits per heavy atom. The Kier molecular flexibility index (Phi) is 8.37. The number of ether oxygens (including phenoxy) is 4. The second kappa shape index (κ2) is 10.5. The number of hydrogen-bond acceptors (Lipinski definition) is 5. The Labute approximate surface area is 156 Å². The Bertz CT molecular complexity index is 585. The van der Waals surface area contributed by atoms with Crippen LogP contribution in [0.4, 0.5) is 13.2 Å². The SMILES string of the molecule is CC(=O)OC(CCCOC1CCCCO1)COc1cccc(C(F)(F)F)c1. The molecule has 0 aromatic heterocycles. The summed E-state index contributed by atoms with van der Waals surface area (Å²) in [7, 11) is 0. The predicted octanol–water partition coefficient (Wildman–Crippen LogP) is 4.34. The molecule has 1 saturated heterocycles. The molecule has 8 heteroatoms. The fraction of sp³-hybridized carbons (Fsp3) is 0.632. The van der Waals surface area contributed by atoms with E-state index < -0.39 is 23.8 Å². The van der Waals surface area contributed by atoms with Crippen molar-refractivity contribution >= 4 is 5.97 Å². The average molecular weight is 390 g/mol. The maximum Gasteiger partial charge on any atom is 0.416 e. The van der Waals surface area contributed by atoms with Gasteiger partial charge in [0, 0.05) is 20.1 Å². The predicted molar refractivity (Wildman–Crippen MR) is 91.3 cm³/mol. The molecule has 0 spiro atoms. The van der Waals surface area contributed by atoms with Crippen LogP contribution in [0.2, 0.25) is 0 Å². The van der Waals surface area contributed by atoms with E-state index in [2.05, 4.69) is 0 Å². The van der Waals surface area contributed by atoms with E-state index in [0.29, 0.717) is 26.1 Å². The van der Waals surface area contributed by atoms with Crippen LogP contribution in [0.5, 0.6) is 5.75 Å². The first-order valence-corrected chi connectivity index (χ1v) is 9.05. The average Bonchev–Trinajstić information content (AvgIpc) is 2.63. The fourth-order valence-corrected chi connectivity index (χ4v) is 2.73. The summed E-state index contributed by atoms with van der Waals surface area (Å²) in [6.07, 6.45) is -1.11. The molecule has 0 N–H and O–H groups in total. The van der Waals surface area contributed by atoms with E-state index in [1.54, 1.807) is 0 Å². The molecule has 1 fully saturated rings. The summed E-state index contributed by atoms with van der Waals surface area (Å²) < 4.78 is 59.9. The van der Waals surface area contributed by atoms with Crippen molar-refractivity contribution in [2.24, 2.45) is 0 Å². The van der Waals surface area contributed by atoms with Crippen molar-refractivity contribution in [1.82, 2.24) is 0 Å². The van der Waals surface area contributed by atoms with Crippen LogP contribution < -0.4 is 4.74 Å². The molecular formula is C19H25F3O5. The van der Waals surface area contributed by atoms with Gasteiger partial charge < -0.3 is 18.9 Å². The summed E-state index contributed by atoms with van der Waals surface area (Å²) in [6.45, 7) is 2.40. The molecule has 152 valence electrons. The number of esters is 1. The molecule has 1 aromatic carbocycles. The molecule has 0 amide bonds. The van der Waals surface area contributed by atoms with Gasteiger partial charge in [0.2, 0.25) is 0 Å². The van der Waals surface area contributed by atoms with E-state index in [1.807, 2.05) is 0 Å². The summed E-state index contributed by atoms with van der Waals surface area (Å²) in [5.41, 5.74) is -0.787. The normalized spacial score (nSPS) is 18.7. The maximum atomic E-state index is 12.7. The van der Waals surface area contributed by atoms with Crippen molar-refractivity contribution in [3.63, 3.8) is 0 Å². The number of halogens is 3. The number of rotatable bonds is 9. The summed E-state index contributed by atoms with van der Waals surface area (Å²) >= 11 is 0. The largest absolute Gasteiger partial charge is 0.490 e. The summed E-state index contributed by atoms with van der Waals surface area (Å²) in [6, 6.07) is 4.61. The van der Waals surface area contributed by atoms with Gasteiger partial charge in [-0.15, -0.1) is 0 Å². The van der Waals surface area contributed by atoms with Gasteiger partial charge in [0.25, 0.3) is 0 Å². The minimum atomic E-state index is -4.44. The Balaban J connectivity index is 1.78. The molecule has 2 atom stereocenters. The van der Waals surface area contributed by atoms with E-state index >= 15 is 0 Å². The van der Waals surface area contributed by atoms with Gasteiger partial charge in [-0.2, -0.15) is 13.2 Å². The zero-order valence-corrected chi connectivity index (χ0v) is 15.3. The number of benzene rings is 1. The highest BCUT2D eigenvalue weighted by Gasteiger charge is 2.30. The highest BCUT2D eigenvalue weighted by Crippen LogP contribution is 2.31. The Hall–Kier alpha value is -1.80. The Morgan fingerprint density at radius 1 is 1.33 bits per heavy atom. The molecule has 5 nitrogen and oxygen atoms in total. The summed E-state index contributed by atoms with van der Waals surface area (Å²) in [5, 5.41) is 0. The van der Waals surface area contributed by atoms with Crippen LogP contribution in [-0.2, 0) is 25.2 Å². The van der Waals surface area contributed by atoms with Crippen molar-refractivity contribution in [2.45, 2.75) is 57.6 Å². The molecule has 0 radical (unpaired) electrons. The van der Waals surface area contributed by atoms with Gasteiger partial charge in [-0.3, -0.25) is 4.79 Å². The second-order valence-corrected chi connectivity index (χ2v) is 6.38. The summed E-state index contributed by atoms with van der Waals surface area (Å²) in [5.74, 6) is -0.391. The van der Waals surface area contributed by atoms with Crippen LogP contribution >= 0.6 is 0 Å². The fourth-order valence-electron chi connectivity index (χ4n) is 2.73. The number of carbonyl (C=O) groups excluding carboxylic acids is 1. The van der Waals surface area contributed by atoms with Crippen molar-refractivity contribution in [3.05, 3.63) is 29.8 Å². The van der Waals surface area contributed by atoms with E-state index in [9.17, 15) is 18.0 Å². The highest BCUT2D eigenvalue weighted by molar-refractivity contribution is 5.66. The minimum Gasteiger partial charge on any atom is -0.490 e. The van der Waals surface area contributed by atoms with Gasteiger partial charge in [-0.1, -0.05) is 6.07 Å². The number of alkyl halides is 3. The lowest BCUT2D eigenvalue weighted by Gasteiger charge is -2.23. The van der Waals surface area contributed by atoms with Gasteiger partial charge in [-0.25, -0.2) is 0 Å². The Morgan fingerprint density at radius 3 is 2.81 bits per heavy atom. The molecule has 1 aliphatic heterocycles. The van der Waals surface area contributed by atoms with E-state index in [4.69, 9.17) is 18.9 Å². The van der Waals surface area contributed by atoms with Crippen LogP contribution in [-0.4, -0.2) is 38.2 Å². The lowest BCUT2D eigenvalue weighted by atomic mass is 10.2. The van der Waals surface area contributed by atoms with Crippen molar-refractivity contribution < 1.29 is 36.9 Å². The standard InChI is InChI=1S/C19H25F3O5/c1-14(23)27-17(8-5-11-25-18-9-2-3-10-24-18)13-26-16-7-4-6-15(12-16)19(20,21)22/h4,6-7,12,17-18H,2-3,5,8-11,13H2,1H3. The van der Waals surface area contributed by atoms with Crippen molar-refractivity contribution in [2.75, 3.05) is 19.8 Å². The molecule has 1 heterocycles. The van der Waals surface area contributed by atoms with Gasteiger partial charge >= 0.3 is 12.1 Å². The van der Waals surface area contributed by atoms with Gasteiger partial charge in [0.05, 0.1) is 5.56 Å². The highest BCUT2D eigenvalue weighted by atomic mass is 19.4. The number of hydrogen-bond donors (Lipinski definition) is 0. The van der Waals surface area contributed by atoms with E-state index in [-0.39, 0.29) is 18.6 Å². The van der Waals surface area contributed by atoms with Crippen LogP contribution in [0.3, 0.4) is 0 Å². The van der Waals surface area contributed by atoms with Gasteiger partial charge in [0.15, 0.2) is 6.29 Å². The zero-order valence-electron chi connectivity index (χ0n) is 15.3. The molecule has 0 saturated carbocycles. The first-order chi connectivity index (χ1) is 12.8. The number of carbonyl (C=O) groups is 1. The molecule has 27 heavy (non-hydrogen) atoms. The third-order valence-electron chi connectivity index (χ3n) is 4.04. The molecule has 0 bridgehead atoms. The lowest BCUT2D eigenvalue weighted by molar-refractivity contribution is -0.165. The molecular weight excluding hydrogens is 365 g/mol. The zero-order chi connectivity index (χ0) is 19.7. The smallest absolute Gasteiger partial charge is 0.416 e. The van der Waals surface area contributed by atoms with E-state index in [0.717, 1.165) is 31.4 Å². The molecule has 1 aliphatic rings. The quantitative estimate of drug-likeness (QED) is 0.464. The molecule has 2 unspecified atom stereocenters. The van der Waals surface area contributed by atoms with Crippen molar-refractivity contribution in [3.8, 4) is 5.75 Å². The van der Waals surface area contributed by atoms with Gasteiger partial charge in [0.1, 0.15) is 18.5 Å². The molecule has 2 rings (SSSR count). The van der Waals surface area contributed by atoms with Crippen LogP contribution in [0.25, 0.3) is 0 Å². The van der Waals surface area contributed by atoms with Crippen LogP contribution in [0.1, 0.15) is 44.6 Å². The van der Waals surface area contributed by atoms with Crippen LogP contribution in [0.15, 0.2) is 24.3 Å². The third-order valence-corrected chi connectivity index (χ3v) is 4.04. The molecule has 1 aromatic rings. The summed E-state index contributed by atoms with van der Waals surface area (Å²) in [4.78, 5) is 11.3. The van der Waals surface area contributed by atoms with E-state index in [1.165, 1.54) is 19.1 Å². The monoisotopic (exact) mass is 390 g/mol. The maximum absolute atomic E-state index is 12.7. The van der Waals surface area contributed by atoms with Crippen molar-refractivity contribution in [1.29, 1.82) is 0 Å². The minimum absolute atomic E-state index is 0.0270. The lowest BCUT2D eigenvalue weighted by Crippen LogP contribution is -2.26. The third kappa shape index (κ3) is 8.17. The molecule has 0 aliphatic carbocycles.